The standard InChI is InChI=1S/C17H18N4O3S/c1-4-24-16(23)15-10(2)18-17(25-15)20-14(22)9-21-11(3)19-12-7-5-6-8-13(12)21/h5-8H,4,9H2,1-3H3,(H,18,20,22). The second-order valence-electron chi connectivity index (χ2n) is 5.44. The Morgan fingerprint density at radius 3 is 2.76 bits per heavy atom. The molecule has 2 heterocycles. The number of imidazole rings is 1. The van der Waals surface area contributed by atoms with Crippen LogP contribution < -0.4 is 5.32 Å². The van der Waals surface area contributed by atoms with E-state index in [4.69, 9.17) is 4.74 Å². The first kappa shape index (κ1) is 17.1. The maximum Gasteiger partial charge on any atom is 0.350 e. The normalized spacial score (nSPS) is 10.8. The molecule has 0 bridgehead atoms. The van der Waals surface area contributed by atoms with E-state index in [0.29, 0.717) is 22.3 Å². The van der Waals surface area contributed by atoms with Gasteiger partial charge in [0.25, 0.3) is 0 Å². The molecule has 25 heavy (non-hydrogen) atoms. The van der Waals surface area contributed by atoms with Crippen molar-refractivity contribution >= 4 is 39.4 Å². The molecule has 130 valence electrons. The number of carbonyl (C=O) groups is 2. The minimum Gasteiger partial charge on any atom is -0.462 e. The maximum absolute atomic E-state index is 12.4. The van der Waals surface area contributed by atoms with E-state index >= 15 is 0 Å². The van der Waals surface area contributed by atoms with E-state index in [1.807, 2.05) is 35.8 Å². The van der Waals surface area contributed by atoms with Gasteiger partial charge in [-0.05, 0) is 32.9 Å². The average molecular weight is 358 g/mol. The van der Waals surface area contributed by atoms with E-state index in [2.05, 4.69) is 15.3 Å². The Morgan fingerprint density at radius 1 is 1.24 bits per heavy atom. The van der Waals surface area contributed by atoms with Crippen LogP contribution in [-0.4, -0.2) is 33.0 Å². The third-order valence-electron chi connectivity index (χ3n) is 3.65. The van der Waals surface area contributed by atoms with E-state index < -0.39 is 5.97 Å². The molecule has 3 rings (SSSR count). The lowest BCUT2D eigenvalue weighted by molar-refractivity contribution is -0.116. The summed E-state index contributed by atoms with van der Waals surface area (Å²) in [6.07, 6.45) is 0. The predicted octanol–water partition coefficient (Wildman–Crippen LogP) is 2.93. The molecule has 0 saturated heterocycles. The van der Waals surface area contributed by atoms with Crippen LogP contribution in [0.1, 0.15) is 28.1 Å². The first-order chi connectivity index (χ1) is 12.0. The molecule has 3 aromatic rings. The summed E-state index contributed by atoms with van der Waals surface area (Å²) in [6, 6.07) is 7.66. The van der Waals surface area contributed by atoms with Gasteiger partial charge in [0.15, 0.2) is 5.13 Å². The lowest BCUT2D eigenvalue weighted by Crippen LogP contribution is -2.19. The van der Waals surface area contributed by atoms with Crippen molar-refractivity contribution in [3.63, 3.8) is 0 Å². The minimum absolute atomic E-state index is 0.125. The highest BCUT2D eigenvalue weighted by molar-refractivity contribution is 7.17. The maximum atomic E-state index is 12.4. The molecular formula is C17H18N4O3S. The van der Waals surface area contributed by atoms with Gasteiger partial charge < -0.3 is 14.6 Å². The van der Waals surface area contributed by atoms with Crippen molar-refractivity contribution in [1.29, 1.82) is 0 Å². The molecule has 0 radical (unpaired) electrons. The fourth-order valence-corrected chi connectivity index (χ4v) is 3.41. The summed E-state index contributed by atoms with van der Waals surface area (Å²) >= 11 is 1.11. The van der Waals surface area contributed by atoms with E-state index in [9.17, 15) is 9.59 Å². The molecule has 0 aliphatic carbocycles. The van der Waals surface area contributed by atoms with Gasteiger partial charge in [0.2, 0.25) is 5.91 Å². The number of para-hydroxylation sites is 2. The largest absolute Gasteiger partial charge is 0.462 e. The summed E-state index contributed by atoms with van der Waals surface area (Å²) in [5, 5.41) is 3.12. The van der Waals surface area contributed by atoms with Crippen LogP contribution in [0.25, 0.3) is 11.0 Å². The van der Waals surface area contributed by atoms with Crippen molar-refractivity contribution in [3.05, 3.63) is 40.7 Å². The van der Waals surface area contributed by atoms with Crippen molar-refractivity contribution in [2.75, 3.05) is 11.9 Å². The number of aromatic nitrogens is 3. The molecule has 0 spiro atoms. The number of anilines is 1. The molecule has 2 aromatic heterocycles. The summed E-state index contributed by atoms with van der Waals surface area (Å²) in [5.74, 6) is 0.115. The lowest BCUT2D eigenvalue weighted by Gasteiger charge is -2.06. The van der Waals surface area contributed by atoms with Gasteiger partial charge in [-0.2, -0.15) is 0 Å². The number of aryl methyl sites for hydroxylation is 2. The molecule has 0 aliphatic heterocycles. The minimum atomic E-state index is -0.422. The highest BCUT2D eigenvalue weighted by atomic mass is 32.1. The number of rotatable bonds is 5. The number of nitrogens with one attached hydrogen (secondary N) is 1. The summed E-state index contributed by atoms with van der Waals surface area (Å²) in [5.41, 5.74) is 2.29. The molecule has 8 heteroatoms. The second kappa shape index (κ2) is 7.02. The molecule has 1 amide bonds. The van der Waals surface area contributed by atoms with Crippen LogP contribution >= 0.6 is 11.3 Å². The van der Waals surface area contributed by atoms with Crippen LogP contribution in [0.3, 0.4) is 0 Å². The SMILES string of the molecule is CCOC(=O)c1sc(NC(=O)Cn2c(C)nc3ccccc32)nc1C. The number of nitrogens with zero attached hydrogens (tertiary/aromatic N) is 3. The number of esters is 1. The van der Waals surface area contributed by atoms with Crippen molar-refractivity contribution in [2.45, 2.75) is 27.3 Å². The van der Waals surface area contributed by atoms with Crippen LogP contribution in [0.4, 0.5) is 5.13 Å². The van der Waals surface area contributed by atoms with Gasteiger partial charge in [0.05, 0.1) is 23.3 Å². The van der Waals surface area contributed by atoms with E-state index in [1.165, 1.54) is 0 Å². The molecule has 0 saturated carbocycles. The zero-order valence-corrected chi connectivity index (χ0v) is 15.0. The predicted molar refractivity (Wildman–Crippen MR) is 95.9 cm³/mol. The summed E-state index contributed by atoms with van der Waals surface area (Å²) < 4.78 is 6.83. The number of hydrogen-bond donors (Lipinski definition) is 1. The third-order valence-corrected chi connectivity index (χ3v) is 4.70. The summed E-state index contributed by atoms with van der Waals surface area (Å²) in [4.78, 5) is 33.3. The van der Waals surface area contributed by atoms with Gasteiger partial charge in [-0.3, -0.25) is 4.79 Å². The van der Waals surface area contributed by atoms with Crippen LogP contribution in [0.15, 0.2) is 24.3 Å². The monoisotopic (exact) mass is 358 g/mol. The molecule has 0 fully saturated rings. The van der Waals surface area contributed by atoms with Crippen LogP contribution in [-0.2, 0) is 16.1 Å². The van der Waals surface area contributed by atoms with E-state index in [-0.39, 0.29) is 12.5 Å². The van der Waals surface area contributed by atoms with E-state index in [0.717, 1.165) is 28.2 Å². The lowest BCUT2D eigenvalue weighted by atomic mass is 10.3. The average Bonchev–Trinajstić information content (AvgIpc) is 3.08. The number of hydrogen-bond acceptors (Lipinski definition) is 6. The highest BCUT2D eigenvalue weighted by Crippen LogP contribution is 2.23. The summed E-state index contributed by atoms with van der Waals surface area (Å²) in [6.45, 7) is 5.74. The Morgan fingerprint density at radius 2 is 2.00 bits per heavy atom. The smallest absolute Gasteiger partial charge is 0.350 e. The van der Waals surface area contributed by atoms with Crippen LogP contribution in [0.2, 0.25) is 0 Å². The van der Waals surface area contributed by atoms with Gasteiger partial charge in [0.1, 0.15) is 17.2 Å². The molecule has 0 unspecified atom stereocenters. The number of ether oxygens (including phenoxy) is 1. The van der Waals surface area contributed by atoms with Crippen molar-refractivity contribution in [1.82, 2.24) is 14.5 Å². The first-order valence-corrected chi connectivity index (χ1v) is 8.67. The molecule has 1 aromatic carbocycles. The van der Waals surface area contributed by atoms with Crippen LogP contribution in [0.5, 0.6) is 0 Å². The fraction of sp³-hybridized carbons (Fsp3) is 0.294. The van der Waals surface area contributed by atoms with Crippen molar-refractivity contribution < 1.29 is 14.3 Å². The Labute approximate surface area is 148 Å². The molecule has 0 aliphatic rings. The molecule has 1 N–H and O–H groups in total. The van der Waals surface area contributed by atoms with Crippen molar-refractivity contribution in [3.8, 4) is 0 Å². The first-order valence-electron chi connectivity index (χ1n) is 7.86. The molecule has 7 nitrogen and oxygen atoms in total. The molecule has 0 atom stereocenters. The topological polar surface area (TPSA) is 86.1 Å². The van der Waals surface area contributed by atoms with Crippen molar-refractivity contribution in [2.24, 2.45) is 0 Å². The zero-order valence-electron chi connectivity index (χ0n) is 14.2. The Balaban J connectivity index is 1.75. The second-order valence-corrected chi connectivity index (χ2v) is 6.44. The van der Waals surface area contributed by atoms with Gasteiger partial charge in [0, 0.05) is 0 Å². The number of carbonyl (C=O) groups excluding carboxylic acids is 2. The van der Waals surface area contributed by atoms with Gasteiger partial charge in [-0.1, -0.05) is 23.5 Å². The highest BCUT2D eigenvalue weighted by Gasteiger charge is 2.18. The van der Waals surface area contributed by atoms with Gasteiger partial charge >= 0.3 is 5.97 Å². The fourth-order valence-electron chi connectivity index (χ4n) is 2.53. The number of thiazole rings is 1. The van der Waals surface area contributed by atoms with E-state index in [1.54, 1.807) is 13.8 Å². The number of fused-ring (bicyclic) bond motifs is 1. The van der Waals surface area contributed by atoms with Crippen LogP contribution in [0, 0.1) is 13.8 Å². The Bertz CT molecular complexity index is 945. The quantitative estimate of drug-likeness (QED) is 0.709. The van der Waals surface area contributed by atoms with Gasteiger partial charge in [-0.25, -0.2) is 14.8 Å². The summed E-state index contributed by atoms with van der Waals surface area (Å²) in [7, 11) is 0. The molecular weight excluding hydrogens is 340 g/mol. The third kappa shape index (κ3) is 3.53. The Hall–Kier alpha value is -2.74. The number of amides is 1. The van der Waals surface area contributed by atoms with Gasteiger partial charge in [-0.15, -0.1) is 0 Å². The number of benzene rings is 1. The Kier molecular flexibility index (Phi) is 4.80. The zero-order chi connectivity index (χ0) is 18.0.